The summed E-state index contributed by atoms with van der Waals surface area (Å²) >= 11 is 5.28. The Kier molecular flexibility index (Phi) is 6.92. The number of rotatable bonds is 7. The van der Waals surface area contributed by atoms with Crippen molar-refractivity contribution in [1.29, 1.82) is 0 Å². The third kappa shape index (κ3) is 5.23. The third-order valence-corrected chi connectivity index (χ3v) is 3.50. The Balaban J connectivity index is 2.23. The average Bonchev–Trinajstić information content (AvgIpc) is 2.28. The third-order valence-electron chi connectivity index (χ3n) is 2.31. The molecule has 0 unspecified atom stereocenters. The highest BCUT2D eigenvalue weighted by molar-refractivity contribution is 9.10. The lowest BCUT2D eigenvalue weighted by atomic mass is 10.2. The standard InChI is InChI=1S/C12H18BrNOS/c1-16-7-3-2-6-14-9-10-8-11(13)4-5-12(10)15/h4-5,8,14-15H,2-3,6-7,9H2,1H3. The van der Waals surface area contributed by atoms with Gasteiger partial charge in [-0.15, -0.1) is 0 Å². The molecule has 1 aromatic rings. The van der Waals surface area contributed by atoms with Crippen LogP contribution in [-0.4, -0.2) is 23.7 Å². The second-order valence-corrected chi connectivity index (χ2v) is 5.55. The van der Waals surface area contributed by atoms with E-state index in [1.54, 1.807) is 6.07 Å². The van der Waals surface area contributed by atoms with Crippen LogP contribution < -0.4 is 5.32 Å². The van der Waals surface area contributed by atoms with Gasteiger partial charge in [-0.25, -0.2) is 0 Å². The number of unbranched alkanes of at least 4 members (excludes halogenated alkanes) is 1. The first kappa shape index (κ1) is 13.9. The summed E-state index contributed by atoms with van der Waals surface area (Å²) < 4.78 is 1.00. The number of hydrogen-bond donors (Lipinski definition) is 2. The van der Waals surface area contributed by atoms with Gasteiger partial charge in [-0.1, -0.05) is 15.9 Å². The minimum Gasteiger partial charge on any atom is -0.508 e. The first-order chi connectivity index (χ1) is 7.74. The monoisotopic (exact) mass is 303 g/mol. The summed E-state index contributed by atoms with van der Waals surface area (Å²) in [5, 5.41) is 13.0. The van der Waals surface area contributed by atoms with Crippen molar-refractivity contribution in [1.82, 2.24) is 5.32 Å². The Morgan fingerprint density at radius 3 is 2.94 bits per heavy atom. The normalized spacial score (nSPS) is 10.6. The zero-order valence-corrected chi connectivity index (χ0v) is 11.9. The minimum absolute atomic E-state index is 0.361. The largest absolute Gasteiger partial charge is 0.508 e. The van der Waals surface area contributed by atoms with Gasteiger partial charge in [0.25, 0.3) is 0 Å². The second-order valence-electron chi connectivity index (χ2n) is 3.65. The van der Waals surface area contributed by atoms with Gasteiger partial charge in [-0.05, 0) is 49.6 Å². The van der Waals surface area contributed by atoms with Gasteiger partial charge >= 0.3 is 0 Å². The molecule has 16 heavy (non-hydrogen) atoms. The van der Waals surface area contributed by atoms with E-state index in [0.29, 0.717) is 5.75 Å². The van der Waals surface area contributed by atoms with Gasteiger partial charge in [0.05, 0.1) is 0 Å². The fourth-order valence-corrected chi connectivity index (χ4v) is 2.32. The van der Waals surface area contributed by atoms with Crippen LogP contribution in [0.3, 0.4) is 0 Å². The second kappa shape index (κ2) is 7.98. The maximum Gasteiger partial charge on any atom is 0.120 e. The Bertz CT molecular complexity index is 320. The van der Waals surface area contributed by atoms with Crippen molar-refractivity contribution >= 4 is 27.7 Å². The molecular weight excluding hydrogens is 286 g/mol. The van der Waals surface area contributed by atoms with Crippen molar-refractivity contribution in [2.24, 2.45) is 0 Å². The maximum absolute atomic E-state index is 9.61. The summed E-state index contributed by atoms with van der Waals surface area (Å²) in [7, 11) is 0. The van der Waals surface area contributed by atoms with E-state index in [4.69, 9.17) is 0 Å². The van der Waals surface area contributed by atoms with Crippen molar-refractivity contribution in [2.45, 2.75) is 19.4 Å². The lowest BCUT2D eigenvalue weighted by Crippen LogP contribution is -2.14. The Hall–Kier alpha value is -0.190. The van der Waals surface area contributed by atoms with E-state index in [2.05, 4.69) is 27.5 Å². The molecule has 0 aliphatic heterocycles. The van der Waals surface area contributed by atoms with Crippen molar-refractivity contribution in [3.05, 3.63) is 28.2 Å². The van der Waals surface area contributed by atoms with Crippen LogP contribution in [0.15, 0.2) is 22.7 Å². The van der Waals surface area contributed by atoms with Gasteiger partial charge in [0.2, 0.25) is 0 Å². The van der Waals surface area contributed by atoms with Crippen LogP contribution in [0, 0.1) is 0 Å². The molecular formula is C12H18BrNOS. The molecule has 0 atom stereocenters. The van der Waals surface area contributed by atoms with Gasteiger partial charge in [-0.3, -0.25) is 0 Å². The number of hydrogen-bond acceptors (Lipinski definition) is 3. The number of phenols is 1. The zero-order chi connectivity index (χ0) is 11.8. The molecule has 1 aromatic carbocycles. The molecule has 2 nitrogen and oxygen atoms in total. The molecule has 0 saturated heterocycles. The highest BCUT2D eigenvalue weighted by Gasteiger charge is 2.00. The highest BCUT2D eigenvalue weighted by Crippen LogP contribution is 2.21. The number of nitrogens with one attached hydrogen (secondary N) is 1. The maximum atomic E-state index is 9.61. The van der Waals surface area contributed by atoms with Crippen molar-refractivity contribution in [2.75, 3.05) is 18.6 Å². The van der Waals surface area contributed by atoms with Crippen molar-refractivity contribution in [3.8, 4) is 5.75 Å². The van der Waals surface area contributed by atoms with E-state index in [0.717, 1.165) is 23.1 Å². The van der Waals surface area contributed by atoms with E-state index in [-0.39, 0.29) is 0 Å². The van der Waals surface area contributed by atoms with Gasteiger partial charge in [0.1, 0.15) is 5.75 Å². The van der Waals surface area contributed by atoms with Crippen LogP contribution in [0.2, 0.25) is 0 Å². The Morgan fingerprint density at radius 2 is 2.19 bits per heavy atom. The topological polar surface area (TPSA) is 32.3 Å². The molecule has 1 rings (SSSR count). The molecule has 0 aliphatic carbocycles. The molecule has 0 heterocycles. The predicted molar refractivity (Wildman–Crippen MR) is 75.1 cm³/mol. The number of thioether (sulfide) groups is 1. The van der Waals surface area contributed by atoms with Crippen LogP contribution in [0.1, 0.15) is 18.4 Å². The van der Waals surface area contributed by atoms with E-state index in [1.807, 2.05) is 23.9 Å². The number of phenolic OH excluding ortho intramolecular Hbond substituents is 1. The van der Waals surface area contributed by atoms with Gasteiger partial charge < -0.3 is 10.4 Å². The van der Waals surface area contributed by atoms with Crippen LogP contribution in [0.25, 0.3) is 0 Å². The number of aromatic hydroxyl groups is 1. The number of benzene rings is 1. The average molecular weight is 304 g/mol. The molecule has 0 spiro atoms. The summed E-state index contributed by atoms with van der Waals surface area (Å²) in [5.41, 5.74) is 0.944. The molecule has 0 saturated carbocycles. The first-order valence-electron chi connectivity index (χ1n) is 5.41. The highest BCUT2D eigenvalue weighted by atomic mass is 79.9. The Labute approximate surface area is 110 Å². The van der Waals surface area contributed by atoms with E-state index in [9.17, 15) is 5.11 Å². The van der Waals surface area contributed by atoms with Gasteiger partial charge in [0.15, 0.2) is 0 Å². The van der Waals surface area contributed by atoms with Crippen LogP contribution in [0.5, 0.6) is 5.75 Å². The molecule has 0 aromatic heterocycles. The molecule has 2 N–H and O–H groups in total. The van der Waals surface area contributed by atoms with Crippen molar-refractivity contribution in [3.63, 3.8) is 0 Å². The number of halogens is 1. The summed E-state index contributed by atoms with van der Waals surface area (Å²) in [6.45, 7) is 1.73. The summed E-state index contributed by atoms with van der Waals surface area (Å²) in [5.74, 6) is 1.59. The SMILES string of the molecule is CSCCCCNCc1cc(Br)ccc1O. The smallest absolute Gasteiger partial charge is 0.120 e. The quantitative estimate of drug-likeness (QED) is 0.757. The summed E-state index contributed by atoms with van der Waals surface area (Å²) in [4.78, 5) is 0. The molecule has 0 aliphatic rings. The van der Waals surface area contributed by atoms with Crippen LogP contribution in [-0.2, 0) is 6.54 Å². The molecule has 0 radical (unpaired) electrons. The lowest BCUT2D eigenvalue weighted by Gasteiger charge is -2.07. The van der Waals surface area contributed by atoms with Crippen LogP contribution in [0.4, 0.5) is 0 Å². The molecule has 0 fully saturated rings. The molecule has 90 valence electrons. The van der Waals surface area contributed by atoms with E-state index >= 15 is 0 Å². The van der Waals surface area contributed by atoms with E-state index in [1.165, 1.54) is 18.6 Å². The zero-order valence-electron chi connectivity index (χ0n) is 9.50. The summed E-state index contributed by atoms with van der Waals surface area (Å²) in [6, 6.07) is 5.51. The molecule has 4 heteroatoms. The lowest BCUT2D eigenvalue weighted by molar-refractivity contribution is 0.464. The van der Waals surface area contributed by atoms with E-state index < -0.39 is 0 Å². The minimum atomic E-state index is 0.361. The van der Waals surface area contributed by atoms with Crippen LogP contribution >= 0.6 is 27.7 Å². The Morgan fingerprint density at radius 1 is 1.38 bits per heavy atom. The van der Waals surface area contributed by atoms with Gasteiger partial charge in [0, 0.05) is 16.6 Å². The fraction of sp³-hybridized carbons (Fsp3) is 0.500. The first-order valence-corrected chi connectivity index (χ1v) is 7.60. The van der Waals surface area contributed by atoms with Crippen molar-refractivity contribution < 1.29 is 5.11 Å². The fourth-order valence-electron chi connectivity index (χ4n) is 1.42. The molecule has 0 amide bonds. The van der Waals surface area contributed by atoms with Gasteiger partial charge in [-0.2, -0.15) is 11.8 Å². The summed E-state index contributed by atoms with van der Waals surface area (Å²) in [6.07, 6.45) is 4.57. The molecule has 0 bridgehead atoms. The predicted octanol–water partition coefficient (Wildman–Crippen LogP) is 3.39.